The van der Waals surface area contributed by atoms with E-state index in [1.165, 1.54) is 0 Å². The molecule has 0 saturated carbocycles. The predicted octanol–water partition coefficient (Wildman–Crippen LogP) is 3.00. The van der Waals surface area contributed by atoms with Gasteiger partial charge in [-0.1, -0.05) is 13.8 Å². The Labute approximate surface area is 114 Å². The number of carboxylic acid groups (broad SMARTS) is 1. The number of carboxylic acids is 1. The van der Waals surface area contributed by atoms with Gasteiger partial charge in [-0.2, -0.15) is 0 Å². The van der Waals surface area contributed by atoms with Crippen LogP contribution in [0.1, 0.15) is 25.0 Å². The smallest absolute Gasteiger partial charge is 0.306 e. The molecule has 1 aromatic rings. The fourth-order valence-corrected chi connectivity index (χ4v) is 2.69. The fraction of sp³-hybridized carbons (Fsp3) is 0.462. The van der Waals surface area contributed by atoms with Gasteiger partial charge in [-0.15, -0.1) is 0 Å². The highest BCUT2D eigenvalue weighted by Crippen LogP contribution is 2.44. The van der Waals surface area contributed by atoms with Crippen LogP contribution in [0.15, 0.2) is 10.5 Å². The minimum absolute atomic E-state index is 0.221. The van der Waals surface area contributed by atoms with Crippen LogP contribution >= 0.6 is 15.9 Å². The van der Waals surface area contributed by atoms with Crippen LogP contribution in [0.3, 0.4) is 0 Å². The van der Waals surface area contributed by atoms with Crippen molar-refractivity contribution in [3.05, 3.63) is 21.7 Å². The molecule has 0 aromatic heterocycles. The first-order chi connectivity index (χ1) is 8.54. The maximum absolute atomic E-state index is 11.0. The van der Waals surface area contributed by atoms with Crippen LogP contribution in [0.25, 0.3) is 0 Å². The summed E-state index contributed by atoms with van der Waals surface area (Å²) in [4.78, 5) is 11.0. The van der Waals surface area contributed by atoms with Gasteiger partial charge in [-0.3, -0.25) is 4.79 Å². The Bertz CT molecular complexity index is 484. The van der Waals surface area contributed by atoms with E-state index in [2.05, 4.69) is 15.9 Å². The summed E-state index contributed by atoms with van der Waals surface area (Å²) in [6.07, 6.45) is 1.29. The topological polar surface area (TPSA) is 55.8 Å². The fourth-order valence-electron chi connectivity index (χ4n) is 2.12. The van der Waals surface area contributed by atoms with Crippen LogP contribution in [0.2, 0.25) is 0 Å². The summed E-state index contributed by atoms with van der Waals surface area (Å²) < 4.78 is 11.7. The van der Waals surface area contributed by atoms with E-state index in [0.29, 0.717) is 6.42 Å². The summed E-state index contributed by atoms with van der Waals surface area (Å²) in [6, 6.07) is 1.94. The first kappa shape index (κ1) is 13.2. The van der Waals surface area contributed by atoms with Crippen LogP contribution in [0, 0.1) is 5.92 Å². The standard InChI is InChI=1S/C13H15BrO4/c1-3-9-8(4-7(2)13(15)16)5-10(14)12-11(9)17-6-18-12/h5,7H,3-4,6H2,1-2H3,(H,15,16). The number of fused-ring (bicyclic) bond motifs is 1. The molecule has 98 valence electrons. The molecule has 0 spiro atoms. The second kappa shape index (κ2) is 5.18. The lowest BCUT2D eigenvalue weighted by atomic mass is 9.94. The van der Waals surface area contributed by atoms with Crippen molar-refractivity contribution < 1.29 is 19.4 Å². The average Bonchev–Trinajstić information content (AvgIpc) is 2.78. The minimum atomic E-state index is -0.786. The molecule has 1 aromatic carbocycles. The van der Waals surface area contributed by atoms with Crippen LogP contribution in [-0.4, -0.2) is 17.9 Å². The Morgan fingerprint density at radius 2 is 2.17 bits per heavy atom. The van der Waals surface area contributed by atoms with Crippen LogP contribution < -0.4 is 9.47 Å². The van der Waals surface area contributed by atoms with Gasteiger partial charge in [0, 0.05) is 5.56 Å². The van der Waals surface area contributed by atoms with Gasteiger partial charge in [-0.05, 0) is 40.4 Å². The predicted molar refractivity (Wildman–Crippen MR) is 70.1 cm³/mol. The Kier molecular flexibility index (Phi) is 3.80. The van der Waals surface area contributed by atoms with E-state index in [4.69, 9.17) is 14.6 Å². The molecule has 0 radical (unpaired) electrons. The lowest BCUT2D eigenvalue weighted by Gasteiger charge is -2.14. The van der Waals surface area contributed by atoms with E-state index in [9.17, 15) is 4.79 Å². The largest absolute Gasteiger partial charge is 0.481 e. The SMILES string of the molecule is CCc1c(CC(C)C(=O)O)cc(Br)c2c1OCO2. The molecular weight excluding hydrogens is 300 g/mol. The summed E-state index contributed by atoms with van der Waals surface area (Å²) >= 11 is 3.44. The molecule has 0 aliphatic carbocycles. The molecule has 0 fully saturated rings. The third-order valence-corrected chi connectivity index (χ3v) is 3.68. The second-order valence-electron chi connectivity index (χ2n) is 4.36. The molecule has 1 unspecified atom stereocenters. The first-order valence-electron chi connectivity index (χ1n) is 5.87. The zero-order valence-corrected chi connectivity index (χ0v) is 11.9. The van der Waals surface area contributed by atoms with Crippen molar-refractivity contribution in [3.8, 4) is 11.5 Å². The van der Waals surface area contributed by atoms with Gasteiger partial charge in [0.2, 0.25) is 6.79 Å². The number of halogens is 1. The van der Waals surface area contributed by atoms with Gasteiger partial charge in [-0.25, -0.2) is 0 Å². The number of hydrogen-bond donors (Lipinski definition) is 1. The van der Waals surface area contributed by atoms with E-state index in [-0.39, 0.29) is 6.79 Å². The summed E-state index contributed by atoms with van der Waals surface area (Å²) in [7, 11) is 0. The van der Waals surface area contributed by atoms with E-state index in [1.807, 2.05) is 13.0 Å². The number of carbonyl (C=O) groups is 1. The molecule has 2 rings (SSSR count). The zero-order valence-electron chi connectivity index (χ0n) is 10.3. The van der Waals surface area contributed by atoms with E-state index >= 15 is 0 Å². The van der Waals surface area contributed by atoms with E-state index < -0.39 is 11.9 Å². The summed E-state index contributed by atoms with van der Waals surface area (Å²) in [5, 5.41) is 9.00. The third kappa shape index (κ3) is 2.32. The highest BCUT2D eigenvalue weighted by molar-refractivity contribution is 9.10. The van der Waals surface area contributed by atoms with Gasteiger partial charge in [0.05, 0.1) is 10.4 Å². The monoisotopic (exact) mass is 314 g/mol. The Hall–Kier alpha value is -1.23. The van der Waals surface area contributed by atoms with Gasteiger partial charge < -0.3 is 14.6 Å². The molecule has 1 atom stereocenters. The van der Waals surface area contributed by atoms with Crippen LogP contribution in [0.4, 0.5) is 0 Å². The first-order valence-corrected chi connectivity index (χ1v) is 6.66. The van der Waals surface area contributed by atoms with Crippen LogP contribution in [-0.2, 0) is 17.6 Å². The van der Waals surface area contributed by atoms with Gasteiger partial charge in [0.1, 0.15) is 0 Å². The second-order valence-corrected chi connectivity index (χ2v) is 5.21. The third-order valence-electron chi connectivity index (χ3n) is 3.09. The van der Waals surface area contributed by atoms with Crippen molar-refractivity contribution in [1.29, 1.82) is 0 Å². The molecule has 18 heavy (non-hydrogen) atoms. The number of aliphatic carboxylic acids is 1. The lowest BCUT2D eigenvalue weighted by Crippen LogP contribution is -2.13. The Morgan fingerprint density at radius 3 is 2.78 bits per heavy atom. The number of hydrogen-bond acceptors (Lipinski definition) is 3. The Balaban J connectivity index is 2.41. The average molecular weight is 315 g/mol. The zero-order chi connectivity index (χ0) is 13.3. The van der Waals surface area contributed by atoms with Crippen molar-refractivity contribution >= 4 is 21.9 Å². The molecule has 0 bridgehead atoms. The minimum Gasteiger partial charge on any atom is -0.481 e. The number of rotatable bonds is 4. The van der Waals surface area contributed by atoms with Crippen molar-refractivity contribution in [2.45, 2.75) is 26.7 Å². The van der Waals surface area contributed by atoms with Crippen molar-refractivity contribution in [2.75, 3.05) is 6.79 Å². The molecule has 1 N–H and O–H groups in total. The Morgan fingerprint density at radius 1 is 1.50 bits per heavy atom. The van der Waals surface area contributed by atoms with Gasteiger partial charge in [0.15, 0.2) is 11.5 Å². The van der Waals surface area contributed by atoms with E-state index in [1.54, 1.807) is 6.92 Å². The molecule has 1 heterocycles. The summed E-state index contributed by atoms with van der Waals surface area (Å²) in [5.74, 6) is 0.270. The van der Waals surface area contributed by atoms with Gasteiger partial charge in [0.25, 0.3) is 0 Å². The van der Waals surface area contributed by atoms with Crippen molar-refractivity contribution in [3.63, 3.8) is 0 Å². The highest BCUT2D eigenvalue weighted by atomic mass is 79.9. The molecule has 0 saturated heterocycles. The van der Waals surface area contributed by atoms with E-state index in [0.717, 1.165) is 33.5 Å². The lowest BCUT2D eigenvalue weighted by molar-refractivity contribution is -0.141. The highest BCUT2D eigenvalue weighted by Gasteiger charge is 2.24. The normalized spacial score (nSPS) is 14.6. The number of benzene rings is 1. The maximum atomic E-state index is 11.0. The summed E-state index contributed by atoms with van der Waals surface area (Å²) in [5.41, 5.74) is 2.04. The van der Waals surface area contributed by atoms with Crippen molar-refractivity contribution in [2.24, 2.45) is 5.92 Å². The number of ether oxygens (including phenoxy) is 2. The molecule has 1 aliphatic rings. The quantitative estimate of drug-likeness (QED) is 0.928. The molecule has 0 amide bonds. The molecular formula is C13H15BrO4. The maximum Gasteiger partial charge on any atom is 0.306 e. The van der Waals surface area contributed by atoms with Gasteiger partial charge >= 0.3 is 5.97 Å². The molecule has 4 nitrogen and oxygen atoms in total. The molecule has 1 aliphatic heterocycles. The van der Waals surface area contributed by atoms with Crippen LogP contribution in [0.5, 0.6) is 11.5 Å². The van der Waals surface area contributed by atoms with Crippen molar-refractivity contribution in [1.82, 2.24) is 0 Å². The molecule has 5 heteroatoms. The summed E-state index contributed by atoms with van der Waals surface area (Å²) in [6.45, 7) is 3.96.